The summed E-state index contributed by atoms with van der Waals surface area (Å²) in [6.45, 7) is 3.79. The highest BCUT2D eigenvalue weighted by molar-refractivity contribution is 5.19. The Morgan fingerprint density at radius 3 is 2.50 bits per heavy atom. The number of nitrogens with zero attached hydrogens (tertiary/aromatic N) is 1. The lowest BCUT2D eigenvalue weighted by atomic mass is 10.0. The van der Waals surface area contributed by atoms with Crippen LogP contribution in [0.3, 0.4) is 0 Å². The molecule has 1 rings (SSSR count). The zero-order valence-electron chi connectivity index (χ0n) is 10.4. The lowest BCUT2D eigenvalue weighted by molar-refractivity contribution is 0.135. The van der Waals surface area contributed by atoms with Gasteiger partial charge < -0.3 is 10.5 Å². The Labute approximate surface area is 98.2 Å². The van der Waals surface area contributed by atoms with Crippen LogP contribution in [0.25, 0.3) is 0 Å². The first-order chi connectivity index (χ1) is 7.66. The van der Waals surface area contributed by atoms with Crippen LogP contribution in [0.15, 0.2) is 30.3 Å². The van der Waals surface area contributed by atoms with E-state index in [-0.39, 0.29) is 6.04 Å². The molecule has 1 aromatic carbocycles. The van der Waals surface area contributed by atoms with Gasteiger partial charge in [-0.3, -0.25) is 4.90 Å². The Bertz CT molecular complexity index is 289. The standard InChI is InChI=1S/C13H22N2O/c1-11(15(2)9-10-16-3)13(14)12-7-5-4-6-8-12/h4-8,11,13H,9-10,14H2,1-3H3. The van der Waals surface area contributed by atoms with Gasteiger partial charge in [0.2, 0.25) is 0 Å². The lowest BCUT2D eigenvalue weighted by Gasteiger charge is -2.29. The molecule has 2 atom stereocenters. The fourth-order valence-corrected chi connectivity index (χ4v) is 1.67. The number of methoxy groups -OCH3 is 1. The average molecular weight is 222 g/mol. The molecule has 90 valence electrons. The Balaban J connectivity index is 2.56. The van der Waals surface area contributed by atoms with Crippen LogP contribution in [-0.4, -0.2) is 38.3 Å². The van der Waals surface area contributed by atoms with Crippen molar-refractivity contribution in [2.75, 3.05) is 27.3 Å². The van der Waals surface area contributed by atoms with Crippen LogP contribution in [0.1, 0.15) is 18.5 Å². The Morgan fingerprint density at radius 2 is 1.94 bits per heavy atom. The van der Waals surface area contributed by atoms with E-state index in [9.17, 15) is 0 Å². The number of hydrogen-bond donors (Lipinski definition) is 1. The van der Waals surface area contributed by atoms with E-state index in [1.54, 1.807) is 7.11 Å². The van der Waals surface area contributed by atoms with Crippen molar-refractivity contribution in [1.29, 1.82) is 0 Å². The fraction of sp³-hybridized carbons (Fsp3) is 0.538. The van der Waals surface area contributed by atoms with Gasteiger partial charge in [0, 0.05) is 25.7 Å². The predicted octanol–water partition coefficient (Wildman–Crippen LogP) is 1.65. The van der Waals surface area contributed by atoms with Gasteiger partial charge in [0.25, 0.3) is 0 Å². The summed E-state index contributed by atoms with van der Waals surface area (Å²) in [5, 5.41) is 0. The van der Waals surface area contributed by atoms with E-state index in [2.05, 4.69) is 31.0 Å². The van der Waals surface area contributed by atoms with E-state index in [4.69, 9.17) is 10.5 Å². The van der Waals surface area contributed by atoms with Crippen LogP contribution in [0.4, 0.5) is 0 Å². The molecule has 3 nitrogen and oxygen atoms in total. The van der Waals surface area contributed by atoms with Gasteiger partial charge in [-0.25, -0.2) is 0 Å². The number of benzene rings is 1. The molecule has 2 N–H and O–H groups in total. The Morgan fingerprint density at radius 1 is 1.31 bits per heavy atom. The van der Waals surface area contributed by atoms with Gasteiger partial charge in [-0.15, -0.1) is 0 Å². The van der Waals surface area contributed by atoms with Crippen LogP contribution in [0.5, 0.6) is 0 Å². The lowest BCUT2D eigenvalue weighted by Crippen LogP contribution is -2.39. The minimum atomic E-state index is 0.0445. The summed E-state index contributed by atoms with van der Waals surface area (Å²) in [7, 11) is 3.79. The molecule has 1 aromatic rings. The maximum absolute atomic E-state index is 6.23. The molecule has 0 saturated heterocycles. The first-order valence-corrected chi connectivity index (χ1v) is 5.66. The van der Waals surface area contributed by atoms with Crippen molar-refractivity contribution in [3.63, 3.8) is 0 Å². The fourth-order valence-electron chi connectivity index (χ4n) is 1.67. The molecule has 0 amide bonds. The van der Waals surface area contributed by atoms with E-state index >= 15 is 0 Å². The second-order valence-corrected chi connectivity index (χ2v) is 4.15. The zero-order chi connectivity index (χ0) is 12.0. The number of ether oxygens (including phenoxy) is 1. The van der Waals surface area contributed by atoms with Gasteiger partial charge in [-0.1, -0.05) is 30.3 Å². The van der Waals surface area contributed by atoms with Crippen LogP contribution < -0.4 is 5.73 Å². The molecular weight excluding hydrogens is 200 g/mol. The van der Waals surface area contributed by atoms with Crippen molar-refractivity contribution in [2.45, 2.75) is 19.0 Å². The highest BCUT2D eigenvalue weighted by Gasteiger charge is 2.18. The van der Waals surface area contributed by atoms with E-state index in [0.29, 0.717) is 6.04 Å². The summed E-state index contributed by atoms with van der Waals surface area (Å²) in [5.74, 6) is 0. The number of hydrogen-bond acceptors (Lipinski definition) is 3. The topological polar surface area (TPSA) is 38.5 Å². The van der Waals surface area contributed by atoms with Crippen LogP contribution in [-0.2, 0) is 4.74 Å². The number of rotatable bonds is 6. The number of likely N-dealkylation sites (N-methyl/N-ethyl adjacent to an activating group) is 1. The van der Waals surface area contributed by atoms with Crippen molar-refractivity contribution in [3.05, 3.63) is 35.9 Å². The predicted molar refractivity (Wildman–Crippen MR) is 67.3 cm³/mol. The largest absolute Gasteiger partial charge is 0.383 e. The van der Waals surface area contributed by atoms with Gasteiger partial charge in [0.15, 0.2) is 0 Å². The van der Waals surface area contributed by atoms with Gasteiger partial charge in [0.05, 0.1) is 6.61 Å². The first-order valence-electron chi connectivity index (χ1n) is 5.66. The summed E-state index contributed by atoms with van der Waals surface area (Å²) in [6, 6.07) is 10.6. The summed E-state index contributed by atoms with van der Waals surface area (Å²) in [5.41, 5.74) is 7.41. The minimum Gasteiger partial charge on any atom is -0.383 e. The SMILES string of the molecule is COCCN(C)C(C)C(N)c1ccccc1. The third-order valence-electron chi connectivity index (χ3n) is 3.05. The van der Waals surface area contributed by atoms with Crippen LogP contribution in [0.2, 0.25) is 0 Å². The maximum Gasteiger partial charge on any atom is 0.0589 e. The molecule has 0 aromatic heterocycles. The molecule has 0 bridgehead atoms. The second-order valence-electron chi connectivity index (χ2n) is 4.15. The highest BCUT2D eigenvalue weighted by Crippen LogP contribution is 2.16. The van der Waals surface area contributed by atoms with Crippen molar-refractivity contribution in [1.82, 2.24) is 4.90 Å². The molecule has 3 heteroatoms. The van der Waals surface area contributed by atoms with Gasteiger partial charge >= 0.3 is 0 Å². The minimum absolute atomic E-state index is 0.0445. The summed E-state index contributed by atoms with van der Waals surface area (Å²) in [4.78, 5) is 2.22. The normalized spacial score (nSPS) is 15.1. The highest BCUT2D eigenvalue weighted by atomic mass is 16.5. The molecule has 0 saturated carbocycles. The van der Waals surface area contributed by atoms with Gasteiger partial charge in [0.1, 0.15) is 0 Å². The Kier molecular flexibility index (Phi) is 5.46. The van der Waals surface area contributed by atoms with Crippen LogP contribution >= 0.6 is 0 Å². The molecule has 0 radical (unpaired) electrons. The molecule has 0 spiro atoms. The first kappa shape index (κ1) is 13.2. The summed E-state index contributed by atoms with van der Waals surface area (Å²) >= 11 is 0. The molecule has 2 unspecified atom stereocenters. The smallest absolute Gasteiger partial charge is 0.0589 e. The quantitative estimate of drug-likeness (QED) is 0.795. The number of nitrogens with two attached hydrogens (primary N) is 1. The molecule has 0 aliphatic rings. The van der Waals surface area contributed by atoms with E-state index < -0.39 is 0 Å². The van der Waals surface area contributed by atoms with E-state index in [1.807, 2.05) is 18.2 Å². The molecule has 0 aliphatic carbocycles. The second kappa shape index (κ2) is 6.63. The van der Waals surface area contributed by atoms with Crippen molar-refractivity contribution in [3.8, 4) is 0 Å². The van der Waals surface area contributed by atoms with Crippen LogP contribution in [0, 0.1) is 0 Å². The zero-order valence-corrected chi connectivity index (χ0v) is 10.4. The third-order valence-corrected chi connectivity index (χ3v) is 3.05. The molecule has 16 heavy (non-hydrogen) atoms. The van der Waals surface area contributed by atoms with Crippen molar-refractivity contribution < 1.29 is 4.74 Å². The Hall–Kier alpha value is -0.900. The summed E-state index contributed by atoms with van der Waals surface area (Å²) < 4.78 is 5.07. The third kappa shape index (κ3) is 3.59. The average Bonchev–Trinajstić information content (AvgIpc) is 2.35. The van der Waals surface area contributed by atoms with Crippen molar-refractivity contribution >= 4 is 0 Å². The van der Waals surface area contributed by atoms with Gasteiger partial charge in [-0.05, 0) is 19.5 Å². The molecule has 0 fully saturated rings. The van der Waals surface area contributed by atoms with E-state index in [0.717, 1.165) is 13.2 Å². The van der Waals surface area contributed by atoms with E-state index in [1.165, 1.54) is 5.56 Å². The monoisotopic (exact) mass is 222 g/mol. The molecular formula is C13H22N2O. The maximum atomic E-state index is 6.23. The summed E-state index contributed by atoms with van der Waals surface area (Å²) in [6.07, 6.45) is 0. The van der Waals surface area contributed by atoms with Gasteiger partial charge in [-0.2, -0.15) is 0 Å². The van der Waals surface area contributed by atoms with Crippen molar-refractivity contribution in [2.24, 2.45) is 5.73 Å². The molecule has 0 aliphatic heterocycles. The molecule has 0 heterocycles.